The topological polar surface area (TPSA) is 67.7 Å². The Morgan fingerprint density at radius 2 is 1.84 bits per heavy atom. The molecule has 1 amide bonds. The molecule has 2 heterocycles. The van der Waals surface area contributed by atoms with Crippen LogP contribution in [0.25, 0.3) is 5.69 Å². The molecule has 0 saturated carbocycles. The molecule has 0 aliphatic carbocycles. The van der Waals surface area contributed by atoms with Gasteiger partial charge in [-0.2, -0.15) is 4.68 Å². The van der Waals surface area contributed by atoms with E-state index in [0.29, 0.717) is 36.8 Å². The van der Waals surface area contributed by atoms with Gasteiger partial charge in [0.15, 0.2) is 0 Å². The van der Waals surface area contributed by atoms with Crippen molar-refractivity contribution in [1.29, 1.82) is 0 Å². The molecule has 0 radical (unpaired) electrons. The number of halogens is 1. The second-order valence-electron chi connectivity index (χ2n) is 7.64. The maximum atomic E-state index is 12.9. The van der Waals surface area contributed by atoms with Crippen molar-refractivity contribution in [3.8, 4) is 11.4 Å². The number of carbonyl (C=O) groups excluding carboxylic acids is 1. The zero-order valence-electron chi connectivity index (χ0n) is 17.9. The summed E-state index contributed by atoms with van der Waals surface area (Å²) >= 11 is 6.19. The zero-order chi connectivity index (χ0) is 22.5. The van der Waals surface area contributed by atoms with Gasteiger partial charge in [0.2, 0.25) is 5.91 Å². The van der Waals surface area contributed by atoms with Gasteiger partial charge in [0.1, 0.15) is 11.6 Å². The quantitative estimate of drug-likeness (QED) is 0.594. The number of carbonyl (C=O) groups is 1. The Morgan fingerprint density at radius 1 is 1.03 bits per heavy atom. The van der Waals surface area contributed by atoms with Crippen LogP contribution in [0.2, 0.25) is 5.02 Å². The molecule has 0 atom stereocenters. The lowest BCUT2D eigenvalue weighted by Gasteiger charge is -2.23. The number of para-hydroxylation sites is 1. The first-order valence-corrected chi connectivity index (χ1v) is 10.9. The number of amides is 1. The molecule has 166 valence electrons. The SMILES string of the molecule is COc1ccc(CC(=O)N2CCCN(c3ccc(=O)n(-c4ccccc4)n3)CC2)cc1Cl. The fourth-order valence-corrected chi connectivity index (χ4v) is 4.11. The van der Waals surface area contributed by atoms with Gasteiger partial charge in [0, 0.05) is 32.2 Å². The molecule has 0 bridgehead atoms. The average Bonchev–Trinajstić information content (AvgIpc) is 3.07. The second kappa shape index (κ2) is 9.87. The van der Waals surface area contributed by atoms with Crippen molar-refractivity contribution in [1.82, 2.24) is 14.7 Å². The molecular formula is C24H25ClN4O3. The van der Waals surface area contributed by atoms with Crippen LogP contribution in [0.15, 0.2) is 65.5 Å². The Bertz CT molecular complexity index is 1150. The summed E-state index contributed by atoms with van der Waals surface area (Å²) in [6.45, 7) is 2.68. The lowest BCUT2D eigenvalue weighted by Crippen LogP contribution is -2.36. The van der Waals surface area contributed by atoms with Gasteiger partial charge >= 0.3 is 0 Å². The summed E-state index contributed by atoms with van der Waals surface area (Å²) in [5.74, 6) is 1.39. The first-order chi connectivity index (χ1) is 15.5. The molecule has 2 aromatic carbocycles. The Kier molecular flexibility index (Phi) is 6.75. The van der Waals surface area contributed by atoms with Crippen LogP contribution in [0.5, 0.6) is 5.75 Å². The van der Waals surface area contributed by atoms with E-state index in [1.807, 2.05) is 41.3 Å². The van der Waals surface area contributed by atoms with E-state index < -0.39 is 0 Å². The number of aromatic nitrogens is 2. The lowest BCUT2D eigenvalue weighted by molar-refractivity contribution is -0.130. The van der Waals surface area contributed by atoms with Crippen LogP contribution in [0.1, 0.15) is 12.0 Å². The number of hydrogen-bond donors (Lipinski definition) is 0. The van der Waals surface area contributed by atoms with Crippen molar-refractivity contribution in [2.24, 2.45) is 0 Å². The van der Waals surface area contributed by atoms with E-state index in [1.54, 1.807) is 25.3 Å². The molecular weight excluding hydrogens is 428 g/mol. The number of nitrogens with zero attached hydrogens (tertiary/aromatic N) is 4. The van der Waals surface area contributed by atoms with Gasteiger partial charge in [-0.1, -0.05) is 35.9 Å². The van der Waals surface area contributed by atoms with Crippen LogP contribution in [-0.4, -0.2) is 53.9 Å². The molecule has 0 unspecified atom stereocenters. The molecule has 1 aliphatic rings. The van der Waals surface area contributed by atoms with Crippen molar-refractivity contribution in [2.75, 3.05) is 38.2 Å². The predicted molar refractivity (Wildman–Crippen MR) is 125 cm³/mol. The number of hydrogen-bond acceptors (Lipinski definition) is 5. The standard InChI is InChI=1S/C24H25ClN4O3/c1-32-21-9-8-18(16-20(21)25)17-24(31)28-13-5-12-27(14-15-28)22-10-11-23(30)29(26-22)19-6-3-2-4-7-19/h2-4,6-11,16H,5,12-15,17H2,1H3. The van der Waals surface area contributed by atoms with Crippen molar-refractivity contribution < 1.29 is 9.53 Å². The highest BCUT2D eigenvalue weighted by atomic mass is 35.5. The molecule has 4 rings (SSSR count). The molecule has 3 aromatic rings. The zero-order valence-corrected chi connectivity index (χ0v) is 18.7. The van der Waals surface area contributed by atoms with Gasteiger partial charge in [-0.25, -0.2) is 0 Å². The normalized spacial score (nSPS) is 14.2. The molecule has 1 saturated heterocycles. The second-order valence-corrected chi connectivity index (χ2v) is 8.05. The van der Waals surface area contributed by atoms with Crippen molar-refractivity contribution in [2.45, 2.75) is 12.8 Å². The first kappa shape index (κ1) is 21.9. The number of ether oxygens (including phenoxy) is 1. The summed E-state index contributed by atoms with van der Waals surface area (Å²) in [6, 6.07) is 18.1. The highest BCUT2D eigenvalue weighted by Gasteiger charge is 2.21. The molecule has 32 heavy (non-hydrogen) atoms. The fraction of sp³-hybridized carbons (Fsp3) is 0.292. The molecule has 0 N–H and O–H groups in total. The van der Waals surface area contributed by atoms with Gasteiger partial charge in [-0.05, 0) is 42.3 Å². The Labute approximate surface area is 191 Å². The predicted octanol–water partition coefficient (Wildman–Crippen LogP) is 3.18. The van der Waals surface area contributed by atoms with Gasteiger partial charge in [0.25, 0.3) is 5.56 Å². The van der Waals surface area contributed by atoms with Crippen molar-refractivity contribution in [3.05, 3.63) is 81.6 Å². The Hall–Kier alpha value is -3.32. The maximum absolute atomic E-state index is 12.9. The fourth-order valence-electron chi connectivity index (χ4n) is 3.83. The third-order valence-electron chi connectivity index (χ3n) is 5.53. The number of anilines is 1. The summed E-state index contributed by atoms with van der Waals surface area (Å²) in [6.07, 6.45) is 1.11. The molecule has 1 aromatic heterocycles. The monoisotopic (exact) mass is 452 g/mol. The molecule has 1 fully saturated rings. The van der Waals surface area contributed by atoms with E-state index in [2.05, 4.69) is 10.00 Å². The molecule has 7 nitrogen and oxygen atoms in total. The van der Waals surface area contributed by atoms with Crippen LogP contribution in [-0.2, 0) is 11.2 Å². The minimum absolute atomic E-state index is 0.0651. The Morgan fingerprint density at radius 3 is 2.59 bits per heavy atom. The summed E-state index contributed by atoms with van der Waals surface area (Å²) in [5, 5.41) is 5.07. The van der Waals surface area contributed by atoms with E-state index in [1.165, 1.54) is 10.7 Å². The van der Waals surface area contributed by atoms with Gasteiger partial charge in [0.05, 0.1) is 24.2 Å². The number of rotatable bonds is 5. The van der Waals surface area contributed by atoms with Crippen LogP contribution in [0, 0.1) is 0 Å². The molecule has 0 spiro atoms. The van der Waals surface area contributed by atoms with E-state index in [9.17, 15) is 9.59 Å². The summed E-state index contributed by atoms with van der Waals surface area (Å²) in [4.78, 5) is 29.2. The third kappa shape index (κ3) is 4.94. The van der Waals surface area contributed by atoms with Gasteiger partial charge in [-0.3, -0.25) is 9.59 Å². The lowest BCUT2D eigenvalue weighted by atomic mass is 10.1. The molecule has 1 aliphatic heterocycles. The van der Waals surface area contributed by atoms with Crippen LogP contribution >= 0.6 is 11.6 Å². The smallest absolute Gasteiger partial charge is 0.271 e. The maximum Gasteiger partial charge on any atom is 0.271 e. The number of methoxy groups -OCH3 is 1. The largest absolute Gasteiger partial charge is 0.495 e. The average molecular weight is 453 g/mol. The van der Waals surface area contributed by atoms with Crippen molar-refractivity contribution in [3.63, 3.8) is 0 Å². The van der Waals surface area contributed by atoms with E-state index >= 15 is 0 Å². The highest BCUT2D eigenvalue weighted by Crippen LogP contribution is 2.25. The van der Waals surface area contributed by atoms with E-state index in [-0.39, 0.29) is 11.5 Å². The summed E-state index contributed by atoms with van der Waals surface area (Å²) < 4.78 is 6.59. The molecule has 8 heteroatoms. The first-order valence-electron chi connectivity index (χ1n) is 10.6. The number of benzene rings is 2. The summed E-state index contributed by atoms with van der Waals surface area (Å²) in [7, 11) is 1.57. The minimum atomic E-state index is -0.176. The summed E-state index contributed by atoms with van der Waals surface area (Å²) in [5.41, 5.74) is 1.41. The van der Waals surface area contributed by atoms with Gasteiger partial charge in [-0.15, -0.1) is 5.10 Å². The van der Waals surface area contributed by atoms with Crippen LogP contribution in [0.3, 0.4) is 0 Å². The minimum Gasteiger partial charge on any atom is -0.495 e. The van der Waals surface area contributed by atoms with Crippen LogP contribution < -0.4 is 15.2 Å². The van der Waals surface area contributed by atoms with Crippen LogP contribution in [0.4, 0.5) is 5.82 Å². The van der Waals surface area contributed by atoms with E-state index in [0.717, 1.165) is 30.0 Å². The highest BCUT2D eigenvalue weighted by molar-refractivity contribution is 6.32. The van der Waals surface area contributed by atoms with E-state index in [4.69, 9.17) is 16.3 Å². The van der Waals surface area contributed by atoms with Gasteiger partial charge < -0.3 is 14.5 Å². The Balaban J connectivity index is 1.44. The third-order valence-corrected chi connectivity index (χ3v) is 5.83. The van der Waals surface area contributed by atoms with Crippen molar-refractivity contribution >= 4 is 23.3 Å².